The molecule has 1 N–H and O–H groups in total. The van der Waals surface area contributed by atoms with Crippen molar-refractivity contribution >= 4 is 33.1 Å². The molecule has 6 nitrogen and oxygen atoms in total. The molecule has 0 atom stereocenters. The van der Waals surface area contributed by atoms with E-state index in [1.54, 1.807) is 11.3 Å². The van der Waals surface area contributed by atoms with Gasteiger partial charge in [0.05, 0.1) is 11.9 Å². The van der Waals surface area contributed by atoms with E-state index in [0.29, 0.717) is 11.6 Å². The maximum absolute atomic E-state index is 11.2. The molecule has 158 valence electrons. The van der Waals surface area contributed by atoms with Gasteiger partial charge in [0.15, 0.2) is 0 Å². The zero-order valence-corrected chi connectivity index (χ0v) is 18.8. The van der Waals surface area contributed by atoms with E-state index in [1.807, 2.05) is 24.3 Å². The molecule has 0 unspecified atom stereocenters. The number of amides is 1. The summed E-state index contributed by atoms with van der Waals surface area (Å²) in [6.07, 6.45) is 2.45. The zero-order valence-electron chi connectivity index (χ0n) is 18.0. The van der Waals surface area contributed by atoms with Crippen molar-refractivity contribution in [3.05, 3.63) is 40.5 Å². The van der Waals surface area contributed by atoms with E-state index in [4.69, 9.17) is 14.7 Å². The first kappa shape index (κ1) is 20.8. The Bertz CT molecular complexity index is 1050. The monoisotopic (exact) mass is 424 g/mol. The largest absolute Gasteiger partial charge is 0.438 e. The molecule has 0 spiro atoms. The summed E-state index contributed by atoms with van der Waals surface area (Å²) >= 11 is 1.69. The molecule has 0 radical (unpaired) electrons. The number of benzene rings is 1. The van der Waals surface area contributed by atoms with Crippen LogP contribution in [-0.2, 0) is 11.3 Å². The molecular weight excluding hydrogens is 396 g/mol. The smallest absolute Gasteiger partial charge is 0.231 e. The molecular formula is C23H28N4O2S. The van der Waals surface area contributed by atoms with Crippen LogP contribution >= 0.6 is 11.3 Å². The predicted molar refractivity (Wildman–Crippen MR) is 121 cm³/mol. The van der Waals surface area contributed by atoms with Crippen LogP contribution in [0.1, 0.15) is 43.0 Å². The number of carbonyl (C=O) groups is 1. The Hall–Kier alpha value is -2.51. The van der Waals surface area contributed by atoms with E-state index < -0.39 is 0 Å². The first-order valence-electron chi connectivity index (χ1n) is 10.4. The maximum atomic E-state index is 11.2. The minimum Gasteiger partial charge on any atom is -0.438 e. The minimum absolute atomic E-state index is 0.0951. The number of ether oxygens (including phenoxy) is 1. The van der Waals surface area contributed by atoms with Gasteiger partial charge in [0.25, 0.3) is 0 Å². The Labute approximate surface area is 181 Å². The van der Waals surface area contributed by atoms with Crippen molar-refractivity contribution in [3.63, 3.8) is 0 Å². The number of hydrogen-bond donors (Lipinski definition) is 1. The summed E-state index contributed by atoms with van der Waals surface area (Å²) in [6.45, 7) is 10.9. The number of nitrogens with one attached hydrogen (secondary N) is 1. The highest BCUT2D eigenvalue weighted by molar-refractivity contribution is 7.18. The molecule has 0 aliphatic carbocycles. The summed E-state index contributed by atoms with van der Waals surface area (Å²) in [5, 5.41) is 3.76. The number of rotatable bonds is 5. The van der Waals surface area contributed by atoms with Gasteiger partial charge in [0.1, 0.15) is 16.4 Å². The highest BCUT2D eigenvalue weighted by Gasteiger charge is 2.20. The molecule has 4 rings (SSSR count). The zero-order chi connectivity index (χ0) is 21.3. The molecule has 1 fully saturated rings. The summed E-state index contributed by atoms with van der Waals surface area (Å²) < 4.78 is 6.22. The topological polar surface area (TPSA) is 67.3 Å². The standard InChI is InChI=1S/C23H28N4O2S/c1-14-9-11-27(12-10-14)13-20-25-22(21-15(2)16(3)30-23(21)26-20)29-19-7-5-18(6-8-19)24-17(4)28/h5-8,14H,9-13H2,1-4H3,(H,24,28). The molecule has 1 saturated heterocycles. The number of carbonyl (C=O) groups excluding carboxylic acids is 1. The van der Waals surface area contributed by atoms with Crippen LogP contribution < -0.4 is 10.1 Å². The van der Waals surface area contributed by atoms with Gasteiger partial charge in [-0.3, -0.25) is 9.69 Å². The highest BCUT2D eigenvalue weighted by Crippen LogP contribution is 2.37. The average molecular weight is 425 g/mol. The normalized spacial score (nSPS) is 15.5. The predicted octanol–water partition coefficient (Wildman–Crippen LogP) is 5.29. The van der Waals surface area contributed by atoms with Gasteiger partial charge in [-0.1, -0.05) is 6.92 Å². The summed E-state index contributed by atoms with van der Waals surface area (Å²) in [5.74, 6) is 2.80. The van der Waals surface area contributed by atoms with Crippen LogP contribution in [0.3, 0.4) is 0 Å². The first-order valence-corrected chi connectivity index (χ1v) is 11.2. The SMILES string of the molecule is CC(=O)Nc1ccc(Oc2nc(CN3CCC(C)CC3)nc3sc(C)c(C)c23)cc1. The van der Waals surface area contributed by atoms with Crippen LogP contribution in [-0.4, -0.2) is 33.9 Å². The number of thiophene rings is 1. The highest BCUT2D eigenvalue weighted by atomic mass is 32.1. The number of aryl methyl sites for hydroxylation is 2. The van der Waals surface area contributed by atoms with Gasteiger partial charge in [-0.05, 0) is 75.5 Å². The van der Waals surface area contributed by atoms with Crippen LogP contribution in [0.25, 0.3) is 10.2 Å². The number of piperidine rings is 1. The number of likely N-dealkylation sites (tertiary alicyclic amines) is 1. The summed E-state index contributed by atoms with van der Waals surface area (Å²) in [4.78, 5) is 25.5. The summed E-state index contributed by atoms with van der Waals surface area (Å²) in [6, 6.07) is 7.35. The molecule has 1 aliphatic heterocycles. The lowest BCUT2D eigenvalue weighted by Gasteiger charge is -2.29. The second-order valence-electron chi connectivity index (χ2n) is 8.17. The third kappa shape index (κ3) is 4.63. The molecule has 0 saturated carbocycles. The maximum Gasteiger partial charge on any atom is 0.231 e. The van der Waals surface area contributed by atoms with E-state index in [2.05, 4.69) is 31.0 Å². The molecule has 1 aliphatic rings. The Kier molecular flexibility index (Phi) is 6.01. The van der Waals surface area contributed by atoms with Gasteiger partial charge >= 0.3 is 0 Å². The summed E-state index contributed by atoms with van der Waals surface area (Å²) in [7, 11) is 0. The summed E-state index contributed by atoms with van der Waals surface area (Å²) in [5.41, 5.74) is 1.91. The van der Waals surface area contributed by atoms with Crippen molar-refractivity contribution in [1.82, 2.24) is 14.9 Å². The van der Waals surface area contributed by atoms with Crippen LogP contribution in [0.2, 0.25) is 0 Å². The average Bonchev–Trinajstić information content (AvgIpc) is 2.99. The molecule has 3 aromatic rings. The fourth-order valence-corrected chi connectivity index (χ4v) is 4.78. The molecule has 2 aromatic heterocycles. The van der Waals surface area contributed by atoms with Crippen molar-refractivity contribution in [1.29, 1.82) is 0 Å². The second-order valence-corrected chi connectivity index (χ2v) is 9.38. The second kappa shape index (κ2) is 8.70. The van der Waals surface area contributed by atoms with Gasteiger partial charge in [0.2, 0.25) is 11.8 Å². The van der Waals surface area contributed by atoms with E-state index >= 15 is 0 Å². The lowest BCUT2D eigenvalue weighted by atomic mass is 9.99. The van der Waals surface area contributed by atoms with E-state index in [9.17, 15) is 4.79 Å². The molecule has 30 heavy (non-hydrogen) atoms. The van der Waals surface area contributed by atoms with E-state index in [0.717, 1.165) is 47.3 Å². The Balaban J connectivity index is 1.62. The van der Waals surface area contributed by atoms with Crippen LogP contribution in [0.4, 0.5) is 5.69 Å². The first-order chi connectivity index (χ1) is 14.4. The Morgan fingerprint density at radius 1 is 1.20 bits per heavy atom. The number of aromatic nitrogens is 2. The van der Waals surface area contributed by atoms with Gasteiger partial charge < -0.3 is 10.1 Å². The van der Waals surface area contributed by atoms with Gasteiger partial charge in [-0.2, -0.15) is 4.98 Å². The van der Waals surface area contributed by atoms with Crippen molar-refractivity contribution in [2.45, 2.75) is 47.1 Å². The van der Waals surface area contributed by atoms with Crippen molar-refractivity contribution in [2.75, 3.05) is 18.4 Å². The Morgan fingerprint density at radius 2 is 1.90 bits per heavy atom. The fraction of sp³-hybridized carbons (Fsp3) is 0.435. The lowest BCUT2D eigenvalue weighted by Crippen LogP contribution is -2.32. The number of nitrogens with zero attached hydrogens (tertiary/aromatic N) is 3. The minimum atomic E-state index is -0.0951. The van der Waals surface area contributed by atoms with E-state index in [-0.39, 0.29) is 5.91 Å². The molecule has 3 heterocycles. The van der Waals surface area contributed by atoms with Gasteiger partial charge in [-0.25, -0.2) is 4.98 Å². The third-order valence-electron chi connectivity index (χ3n) is 5.67. The lowest BCUT2D eigenvalue weighted by molar-refractivity contribution is -0.114. The van der Waals surface area contributed by atoms with Crippen LogP contribution in [0.5, 0.6) is 11.6 Å². The van der Waals surface area contributed by atoms with Crippen LogP contribution in [0.15, 0.2) is 24.3 Å². The van der Waals surface area contributed by atoms with Crippen molar-refractivity contribution in [3.8, 4) is 11.6 Å². The Morgan fingerprint density at radius 3 is 2.57 bits per heavy atom. The van der Waals surface area contributed by atoms with Crippen LogP contribution in [0, 0.1) is 19.8 Å². The third-order valence-corrected chi connectivity index (χ3v) is 6.77. The molecule has 0 bridgehead atoms. The molecule has 7 heteroatoms. The van der Waals surface area contributed by atoms with Crippen molar-refractivity contribution in [2.24, 2.45) is 5.92 Å². The van der Waals surface area contributed by atoms with E-state index in [1.165, 1.54) is 30.2 Å². The van der Waals surface area contributed by atoms with Gasteiger partial charge in [-0.15, -0.1) is 11.3 Å². The molecule has 1 amide bonds. The number of hydrogen-bond acceptors (Lipinski definition) is 6. The fourth-order valence-electron chi connectivity index (χ4n) is 3.74. The quantitative estimate of drug-likeness (QED) is 0.603. The van der Waals surface area contributed by atoms with Crippen molar-refractivity contribution < 1.29 is 9.53 Å². The molecule has 1 aromatic carbocycles. The number of anilines is 1. The number of fused-ring (bicyclic) bond motifs is 1. The van der Waals surface area contributed by atoms with Gasteiger partial charge in [0, 0.05) is 17.5 Å².